The molecule has 0 saturated heterocycles. The number of carbonyl (C=O) groups excluding carboxylic acids is 1. The summed E-state index contributed by atoms with van der Waals surface area (Å²) in [6.07, 6.45) is 5.05. The number of hydrogen-bond acceptors (Lipinski definition) is 3. The summed E-state index contributed by atoms with van der Waals surface area (Å²) in [6.45, 7) is 2.93. The van der Waals surface area contributed by atoms with Gasteiger partial charge in [-0.2, -0.15) is 5.10 Å². The van der Waals surface area contributed by atoms with Crippen LogP contribution in [0.3, 0.4) is 0 Å². The fourth-order valence-corrected chi connectivity index (χ4v) is 5.32. The zero-order valence-corrected chi connectivity index (χ0v) is 19.1. The molecule has 0 bridgehead atoms. The maximum absolute atomic E-state index is 12.6. The molecule has 4 heteroatoms. The van der Waals surface area contributed by atoms with Crippen LogP contribution in [0.2, 0.25) is 0 Å². The molecule has 0 fully saturated rings. The van der Waals surface area contributed by atoms with Gasteiger partial charge in [0.2, 0.25) is 0 Å². The number of fused-ring (bicyclic) bond motifs is 1. The molecule has 4 aromatic rings. The molecular formula is C30H27N3O. The second kappa shape index (κ2) is 8.88. The minimum absolute atomic E-state index is 0.194. The van der Waals surface area contributed by atoms with E-state index in [9.17, 15) is 4.79 Å². The van der Waals surface area contributed by atoms with Crippen molar-refractivity contribution in [2.24, 2.45) is 5.10 Å². The number of hydrazone groups is 1. The number of benzene rings is 4. The Morgan fingerprint density at radius 3 is 2.44 bits per heavy atom. The predicted molar refractivity (Wildman–Crippen MR) is 137 cm³/mol. The van der Waals surface area contributed by atoms with Crippen LogP contribution >= 0.6 is 0 Å². The van der Waals surface area contributed by atoms with E-state index in [4.69, 9.17) is 0 Å². The third-order valence-corrected chi connectivity index (χ3v) is 7.11. The topological polar surface area (TPSA) is 44.7 Å². The van der Waals surface area contributed by atoms with E-state index in [0.29, 0.717) is 5.56 Å². The lowest BCUT2D eigenvalue weighted by atomic mass is 9.99. The molecule has 0 radical (unpaired) electrons. The number of carbonyl (C=O) groups is 1. The molecule has 4 nitrogen and oxygen atoms in total. The Labute approximate surface area is 199 Å². The molecule has 4 aromatic carbocycles. The average Bonchev–Trinajstić information content (AvgIpc) is 3.30. The van der Waals surface area contributed by atoms with Gasteiger partial charge in [0.15, 0.2) is 0 Å². The Morgan fingerprint density at radius 1 is 0.824 bits per heavy atom. The zero-order chi connectivity index (χ0) is 22.9. The number of nitrogens with one attached hydrogen (secondary N) is 1. The minimum Gasteiger partial charge on any atom is -0.294 e. The minimum atomic E-state index is -0.194. The Morgan fingerprint density at radius 2 is 1.59 bits per heavy atom. The van der Waals surface area contributed by atoms with Gasteiger partial charge in [0, 0.05) is 30.8 Å². The molecule has 0 atom stereocenters. The summed E-state index contributed by atoms with van der Waals surface area (Å²) in [6, 6.07) is 27.3. The Bertz CT molecular complexity index is 1390. The van der Waals surface area contributed by atoms with Gasteiger partial charge in [0.1, 0.15) is 0 Å². The smallest absolute Gasteiger partial charge is 0.271 e. The van der Waals surface area contributed by atoms with Crippen molar-refractivity contribution in [1.82, 2.24) is 10.3 Å². The van der Waals surface area contributed by atoms with Crippen molar-refractivity contribution in [2.45, 2.75) is 32.4 Å². The largest absolute Gasteiger partial charge is 0.294 e. The molecule has 1 aliphatic heterocycles. The number of nitrogens with zero attached hydrogens (tertiary/aromatic N) is 2. The van der Waals surface area contributed by atoms with Crippen molar-refractivity contribution in [3.63, 3.8) is 0 Å². The molecule has 0 spiro atoms. The van der Waals surface area contributed by atoms with E-state index >= 15 is 0 Å². The number of aryl methyl sites for hydroxylation is 2. The molecule has 1 amide bonds. The standard InChI is InChI=1S/C30H27N3O/c34-30(32-31-18-26-15-14-24-13-12-23-6-3-7-28(26)29(23)24)25-10-8-21(9-11-25)19-33-17-16-22-4-1-2-5-27(22)20-33/h1-11,14-15,18H,12-13,16-17,19-20H2,(H,32,34). The monoisotopic (exact) mass is 445 g/mol. The SMILES string of the molecule is O=C(NN=Cc1ccc2c3c(cccc13)CC2)c1ccc(CN2CCc3ccccc3C2)cc1. The van der Waals surface area contributed by atoms with Crippen LogP contribution < -0.4 is 5.43 Å². The van der Waals surface area contributed by atoms with E-state index in [-0.39, 0.29) is 5.91 Å². The van der Waals surface area contributed by atoms with Crippen molar-refractivity contribution >= 4 is 22.9 Å². The average molecular weight is 446 g/mol. The predicted octanol–water partition coefficient (Wildman–Crippen LogP) is 5.26. The van der Waals surface area contributed by atoms with E-state index in [1.165, 1.54) is 38.6 Å². The third-order valence-electron chi connectivity index (χ3n) is 7.11. The highest BCUT2D eigenvalue weighted by molar-refractivity contribution is 6.03. The summed E-state index contributed by atoms with van der Waals surface area (Å²) in [4.78, 5) is 15.1. The maximum Gasteiger partial charge on any atom is 0.271 e. The molecule has 1 N–H and O–H groups in total. The maximum atomic E-state index is 12.6. The first-order valence-corrected chi connectivity index (χ1v) is 12.0. The second-order valence-corrected chi connectivity index (χ2v) is 9.28. The van der Waals surface area contributed by atoms with Crippen LogP contribution in [0.15, 0.2) is 84.0 Å². The molecule has 0 aromatic heterocycles. The van der Waals surface area contributed by atoms with Crippen LogP contribution in [0.4, 0.5) is 0 Å². The number of hydrogen-bond donors (Lipinski definition) is 1. The van der Waals surface area contributed by atoms with Crippen LogP contribution in [0.25, 0.3) is 10.8 Å². The van der Waals surface area contributed by atoms with Crippen molar-refractivity contribution in [3.8, 4) is 0 Å². The molecule has 34 heavy (non-hydrogen) atoms. The van der Waals surface area contributed by atoms with Crippen LogP contribution in [0.1, 0.15) is 43.7 Å². The van der Waals surface area contributed by atoms with E-state index in [1.807, 2.05) is 24.3 Å². The molecule has 1 heterocycles. The normalized spacial score (nSPS) is 15.1. The molecule has 0 saturated carbocycles. The van der Waals surface area contributed by atoms with E-state index in [2.05, 4.69) is 70.0 Å². The lowest BCUT2D eigenvalue weighted by Gasteiger charge is -2.28. The number of amides is 1. The summed E-state index contributed by atoms with van der Waals surface area (Å²) in [5, 5.41) is 6.81. The number of rotatable bonds is 5. The lowest BCUT2D eigenvalue weighted by Crippen LogP contribution is -2.30. The summed E-state index contributed by atoms with van der Waals surface area (Å²) < 4.78 is 0. The molecule has 6 rings (SSSR count). The first kappa shape index (κ1) is 20.8. The van der Waals surface area contributed by atoms with Crippen LogP contribution in [-0.2, 0) is 32.4 Å². The van der Waals surface area contributed by atoms with Gasteiger partial charge >= 0.3 is 0 Å². The summed E-state index contributed by atoms with van der Waals surface area (Å²) in [7, 11) is 0. The second-order valence-electron chi connectivity index (χ2n) is 9.28. The zero-order valence-electron chi connectivity index (χ0n) is 19.1. The highest BCUT2D eigenvalue weighted by Gasteiger charge is 2.17. The molecule has 0 unspecified atom stereocenters. The summed E-state index contributed by atoms with van der Waals surface area (Å²) >= 11 is 0. The Hall–Kier alpha value is -3.76. The quantitative estimate of drug-likeness (QED) is 0.336. The highest BCUT2D eigenvalue weighted by Crippen LogP contribution is 2.32. The molecular weight excluding hydrogens is 418 g/mol. The van der Waals surface area contributed by atoms with Gasteiger partial charge in [-0.15, -0.1) is 0 Å². The summed E-state index contributed by atoms with van der Waals surface area (Å²) in [5.41, 5.74) is 11.2. The first-order chi connectivity index (χ1) is 16.7. The van der Waals surface area contributed by atoms with E-state index in [0.717, 1.165) is 44.5 Å². The highest BCUT2D eigenvalue weighted by atomic mass is 16.2. The van der Waals surface area contributed by atoms with Gasteiger partial charge < -0.3 is 0 Å². The van der Waals surface area contributed by atoms with Crippen LogP contribution in [-0.4, -0.2) is 23.6 Å². The van der Waals surface area contributed by atoms with E-state index < -0.39 is 0 Å². The van der Waals surface area contributed by atoms with Gasteiger partial charge in [-0.05, 0) is 70.0 Å². The Balaban J connectivity index is 1.09. The summed E-state index contributed by atoms with van der Waals surface area (Å²) in [5.74, 6) is -0.194. The molecule has 168 valence electrons. The van der Waals surface area contributed by atoms with Crippen molar-refractivity contribution < 1.29 is 4.79 Å². The van der Waals surface area contributed by atoms with Crippen molar-refractivity contribution in [1.29, 1.82) is 0 Å². The van der Waals surface area contributed by atoms with Gasteiger partial charge in [-0.1, -0.05) is 66.7 Å². The van der Waals surface area contributed by atoms with Crippen LogP contribution in [0, 0.1) is 0 Å². The molecule has 2 aliphatic rings. The Kier molecular flexibility index (Phi) is 5.44. The van der Waals surface area contributed by atoms with Crippen LogP contribution in [0.5, 0.6) is 0 Å². The lowest BCUT2D eigenvalue weighted by molar-refractivity contribution is 0.0955. The van der Waals surface area contributed by atoms with Crippen molar-refractivity contribution in [2.75, 3.05) is 6.54 Å². The fraction of sp³-hybridized carbons (Fsp3) is 0.200. The van der Waals surface area contributed by atoms with Gasteiger partial charge in [0.05, 0.1) is 6.21 Å². The van der Waals surface area contributed by atoms with Gasteiger partial charge in [-0.3, -0.25) is 9.69 Å². The van der Waals surface area contributed by atoms with Crippen molar-refractivity contribution in [3.05, 3.63) is 118 Å². The molecule has 1 aliphatic carbocycles. The first-order valence-electron chi connectivity index (χ1n) is 12.0. The third kappa shape index (κ3) is 4.02. The van der Waals surface area contributed by atoms with Gasteiger partial charge in [0.25, 0.3) is 5.91 Å². The van der Waals surface area contributed by atoms with Gasteiger partial charge in [-0.25, -0.2) is 5.43 Å². The fourth-order valence-electron chi connectivity index (χ4n) is 5.32. The van der Waals surface area contributed by atoms with E-state index in [1.54, 1.807) is 6.21 Å².